The van der Waals surface area contributed by atoms with Gasteiger partial charge in [0.2, 0.25) is 0 Å². The zero-order valence-electron chi connectivity index (χ0n) is 15.0. The molecule has 1 aliphatic heterocycles. The molecule has 0 aliphatic carbocycles. The molecule has 2 N–H and O–H groups in total. The van der Waals surface area contributed by atoms with Gasteiger partial charge in [-0.1, -0.05) is 12.1 Å². The van der Waals surface area contributed by atoms with Gasteiger partial charge in [-0.15, -0.1) is 11.3 Å². The summed E-state index contributed by atoms with van der Waals surface area (Å²) >= 11 is 1.67. The molecule has 1 aromatic carbocycles. The number of methoxy groups -OCH3 is 1. The van der Waals surface area contributed by atoms with Crippen LogP contribution in [0.1, 0.15) is 17.1 Å². The van der Waals surface area contributed by atoms with E-state index in [2.05, 4.69) is 43.0 Å². The third-order valence-electron chi connectivity index (χ3n) is 4.25. The molecule has 1 saturated heterocycles. The number of hydrogen-bond donors (Lipinski definition) is 2. The fourth-order valence-electron chi connectivity index (χ4n) is 3.02. The van der Waals surface area contributed by atoms with E-state index >= 15 is 0 Å². The number of rotatable bonds is 5. The molecule has 1 aromatic heterocycles. The molecular formula is C18H25N5OS. The fraction of sp³-hybridized carbons (Fsp3) is 0.444. The van der Waals surface area contributed by atoms with Crippen molar-refractivity contribution in [3.8, 4) is 5.75 Å². The van der Waals surface area contributed by atoms with Gasteiger partial charge in [0.15, 0.2) is 5.96 Å². The second-order valence-electron chi connectivity index (χ2n) is 6.06. The molecule has 0 saturated carbocycles. The molecule has 0 amide bonds. The van der Waals surface area contributed by atoms with Crippen LogP contribution in [0.25, 0.3) is 0 Å². The molecule has 3 rings (SSSR count). The van der Waals surface area contributed by atoms with Crippen molar-refractivity contribution in [1.29, 1.82) is 0 Å². The van der Waals surface area contributed by atoms with E-state index in [0.29, 0.717) is 12.6 Å². The van der Waals surface area contributed by atoms with Crippen molar-refractivity contribution < 1.29 is 4.74 Å². The molecule has 25 heavy (non-hydrogen) atoms. The number of ether oxygens (including phenoxy) is 1. The molecule has 1 aliphatic rings. The van der Waals surface area contributed by atoms with Crippen LogP contribution in [0.5, 0.6) is 5.75 Å². The van der Waals surface area contributed by atoms with Gasteiger partial charge >= 0.3 is 0 Å². The molecule has 6 nitrogen and oxygen atoms in total. The smallest absolute Gasteiger partial charge is 0.191 e. The van der Waals surface area contributed by atoms with Crippen LogP contribution in [-0.2, 0) is 6.54 Å². The number of thiazole rings is 1. The van der Waals surface area contributed by atoms with Gasteiger partial charge < -0.3 is 20.3 Å². The average molecular weight is 359 g/mol. The van der Waals surface area contributed by atoms with Gasteiger partial charge in [0.05, 0.1) is 19.3 Å². The summed E-state index contributed by atoms with van der Waals surface area (Å²) in [7, 11) is 3.52. The number of aliphatic imine (C=N–C) groups is 1. The van der Waals surface area contributed by atoms with Crippen molar-refractivity contribution in [3.63, 3.8) is 0 Å². The van der Waals surface area contributed by atoms with Gasteiger partial charge in [-0.05, 0) is 25.5 Å². The van der Waals surface area contributed by atoms with Gasteiger partial charge in [-0.25, -0.2) is 4.98 Å². The van der Waals surface area contributed by atoms with Crippen LogP contribution in [-0.4, -0.2) is 44.2 Å². The molecule has 2 heterocycles. The average Bonchev–Trinajstić information content (AvgIpc) is 3.27. The van der Waals surface area contributed by atoms with Crippen LogP contribution in [0.15, 0.2) is 34.6 Å². The first kappa shape index (κ1) is 17.5. The molecule has 7 heteroatoms. The first-order chi connectivity index (χ1) is 12.2. The SMILES string of the molecule is CN=C(NCc1nc(C)cs1)NC1CCN(c2ccccc2OC)C1. The minimum absolute atomic E-state index is 0.356. The third kappa shape index (κ3) is 4.42. The zero-order valence-corrected chi connectivity index (χ0v) is 15.8. The minimum Gasteiger partial charge on any atom is -0.495 e. The van der Waals surface area contributed by atoms with E-state index in [0.717, 1.165) is 47.6 Å². The van der Waals surface area contributed by atoms with E-state index in [4.69, 9.17) is 4.74 Å². The maximum absolute atomic E-state index is 5.48. The molecule has 2 aromatic rings. The van der Waals surface area contributed by atoms with Gasteiger partial charge in [0, 0.05) is 37.3 Å². The predicted octanol–water partition coefficient (Wildman–Crippen LogP) is 2.40. The Hall–Kier alpha value is -2.28. The second kappa shape index (κ2) is 8.20. The Morgan fingerprint density at radius 2 is 2.28 bits per heavy atom. The van der Waals surface area contributed by atoms with Gasteiger partial charge in [0.25, 0.3) is 0 Å². The Kier molecular flexibility index (Phi) is 5.75. The van der Waals surface area contributed by atoms with Crippen LogP contribution in [0.3, 0.4) is 0 Å². The first-order valence-electron chi connectivity index (χ1n) is 8.45. The van der Waals surface area contributed by atoms with Crippen molar-refractivity contribution in [2.45, 2.75) is 25.9 Å². The summed E-state index contributed by atoms with van der Waals surface area (Å²) in [5.74, 6) is 1.74. The van der Waals surface area contributed by atoms with Gasteiger partial charge in [-0.3, -0.25) is 4.99 Å². The minimum atomic E-state index is 0.356. The lowest BCUT2D eigenvalue weighted by Crippen LogP contribution is -2.44. The highest BCUT2D eigenvalue weighted by atomic mass is 32.1. The molecule has 1 atom stereocenters. The number of benzene rings is 1. The lowest BCUT2D eigenvalue weighted by atomic mass is 10.2. The number of nitrogens with zero attached hydrogens (tertiary/aromatic N) is 3. The van der Waals surface area contributed by atoms with Crippen molar-refractivity contribution >= 4 is 23.0 Å². The van der Waals surface area contributed by atoms with Crippen molar-refractivity contribution in [3.05, 3.63) is 40.3 Å². The summed E-state index contributed by atoms with van der Waals surface area (Å²) in [6, 6.07) is 8.52. The van der Waals surface area contributed by atoms with E-state index in [9.17, 15) is 0 Å². The van der Waals surface area contributed by atoms with Crippen LogP contribution in [0, 0.1) is 6.92 Å². The van der Waals surface area contributed by atoms with E-state index in [-0.39, 0.29) is 0 Å². The summed E-state index contributed by atoms with van der Waals surface area (Å²) in [5.41, 5.74) is 2.21. The number of guanidine groups is 1. The lowest BCUT2D eigenvalue weighted by molar-refractivity contribution is 0.415. The van der Waals surface area contributed by atoms with Crippen LogP contribution < -0.4 is 20.3 Å². The Morgan fingerprint density at radius 1 is 1.44 bits per heavy atom. The molecule has 134 valence electrons. The highest BCUT2D eigenvalue weighted by Crippen LogP contribution is 2.30. The number of aromatic nitrogens is 1. The summed E-state index contributed by atoms with van der Waals surface area (Å²) in [4.78, 5) is 11.2. The topological polar surface area (TPSA) is 61.8 Å². The highest BCUT2D eigenvalue weighted by molar-refractivity contribution is 7.09. The zero-order chi connectivity index (χ0) is 17.6. The molecule has 0 spiro atoms. The van der Waals surface area contributed by atoms with Crippen molar-refractivity contribution in [2.75, 3.05) is 32.1 Å². The highest BCUT2D eigenvalue weighted by Gasteiger charge is 2.25. The molecular weight excluding hydrogens is 334 g/mol. The fourth-order valence-corrected chi connectivity index (χ4v) is 3.73. The molecule has 1 fully saturated rings. The monoisotopic (exact) mass is 359 g/mol. The van der Waals surface area contributed by atoms with Gasteiger partial charge in [-0.2, -0.15) is 0 Å². The van der Waals surface area contributed by atoms with Crippen LogP contribution >= 0.6 is 11.3 Å². The molecule has 1 unspecified atom stereocenters. The number of para-hydroxylation sites is 2. The number of anilines is 1. The lowest BCUT2D eigenvalue weighted by Gasteiger charge is -2.22. The van der Waals surface area contributed by atoms with E-state index in [1.165, 1.54) is 0 Å². The summed E-state index contributed by atoms with van der Waals surface area (Å²) < 4.78 is 5.48. The summed E-state index contributed by atoms with van der Waals surface area (Å²) in [5, 5.41) is 10.00. The van der Waals surface area contributed by atoms with Crippen LogP contribution in [0.2, 0.25) is 0 Å². The van der Waals surface area contributed by atoms with Crippen LogP contribution in [0.4, 0.5) is 5.69 Å². The van der Waals surface area contributed by atoms with E-state index in [1.54, 1.807) is 25.5 Å². The first-order valence-corrected chi connectivity index (χ1v) is 9.33. The maximum Gasteiger partial charge on any atom is 0.191 e. The number of nitrogens with one attached hydrogen (secondary N) is 2. The summed E-state index contributed by atoms with van der Waals surface area (Å²) in [6.07, 6.45) is 1.06. The number of hydrogen-bond acceptors (Lipinski definition) is 5. The van der Waals surface area contributed by atoms with E-state index in [1.807, 2.05) is 19.1 Å². The standard InChI is InChI=1S/C18H25N5OS/c1-13-12-25-17(21-13)10-20-18(19-2)22-14-8-9-23(11-14)15-6-4-5-7-16(15)24-3/h4-7,12,14H,8-11H2,1-3H3,(H2,19,20,22). The quantitative estimate of drug-likeness (QED) is 0.634. The second-order valence-corrected chi connectivity index (χ2v) is 7.00. The third-order valence-corrected chi connectivity index (χ3v) is 5.22. The maximum atomic E-state index is 5.48. The Morgan fingerprint density at radius 3 is 3.00 bits per heavy atom. The molecule has 0 radical (unpaired) electrons. The Labute approximate surface area is 152 Å². The molecule has 0 bridgehead atoms. The van der Waals surface area contributed by atoms with Gasteiger partial charge in [0.1, 0.15) is 10.8 Å². The van der Waals surface area contributed by atoms with Crippen molar-refractivity contribution in [2.24, 2.45) is 4.99 Å². The Balaban J connectivity index is 1.54. The summed E-state index contributed by atoms with van der Waals surface area (Å²) in [6.45, 7) is 4.64. The Bertz CT molecular complexity index is 730. The predicted molar refractivity (Wildman–Crippen MR) is 104 cm³/mol. The number of aryl methyl sites for hydroxylation is 1. The normalized spacial score (nSPS) is 17.6. The van der Waals surface area contributed by atoms with Crippen molar-refractivity contribution in [1.82, 2.24) is 15.6 Å². The van der Waals surface area contributed by atoms with E-state index < -0.39 is 0 Å². The largest absolute Gasteiger partial charge is 0.495 e.